The molecule has 31 heavy (non-hydrogen) atoms. The minimum absolute atomic E-state index is 0.204. The predicted molar refractivity (Wildman–Crippen MR) is 122 cm³/mol. The Balaban J connectivity index is 1.40. The molecule has 9 heteroatoms. The van der Waals surface area contributed by atoms with E-state index < -0.39 is 17.1 Å². The number of imide groups is 1. The van der Waals surface area contributed by atoms with Crippen LogP contribution < -0.4 is 5.32 Å². The van der Waals surface area contributed by atoms with Gasteiger partial charge in [0.2, 0.25) is 5.91 Å². The maximum absolute atomic E-state index is 12.6. The molecule has 0 unspecified atom stereocenters. The van der Waals surface area contributed by atoms with Crippen LogP contribution in [0.3, 0.4) is 0 Å². The molecule has 3 amide bonds. The number of benzene rings is 2. The quantitative estimate of drug-likeness (QED) is 0.461. The molecule has 0 bridgehead atoms. The van der Waals surface area contributed by atoms with Crippen molar-refractivity contribution in [2.45, 2.75) is 9.99 Å². The highest BCUT2D eigenvalue weighted by molar-refractivity contribution is 8.18. The molecule has 1 aliphatic rings. The zero-order valence-electron chi connectivity index (χ0n) is 15.9. The fraction of sp³-hybridized carbons (Fsp3) is 0.0455. The number of carbonyl (C=O) groups is 3. The van der Waals surface area contributed by atoms with Crippen LogP contribution in [0.1, 0.15) is 5.76 Å². The van der Waals surface area contributed by atoms with Crippen molar-refractivity contribution in [1.82, 2.24) is 4.90 Å². The van der Waals surface area contributed by atoms with Gasteiger partial charge >= 0.3 is 0 Å². The standard InChI is InChI=1S/C22H15ClN2O4S2/c23-14-6-9-17(10-7-14)30-20-11-8-16(29-20)12-18-21(27)25(22(28)31-18)13-19(26)24-15-4-2-1-3-5-15/h1-12H,13H2,(H,24,26)/b18-12-. The zero-order chi connectivity index (χ0) is 21.8. The third-order valence-electron chi connectivity index (χ3n) is 4.14. The average molecular weight is 471 g/mol. The third kappa shape index (κ3) is 5.41. The number of nitrogens with one attached hydrogen (secondary N) is 1. The molecule has 6 nitrogen and oxygen atoms in total. The molecular formula is C22H15ClN2O4S2. The number of anilines is 1. The number of thioether (sulfide) groups is 1. The fourth-order valence-electron chi connectivity index (χ4n) is 2.72. The Morgan fingerprint density at radius 1 is 1.06 bits per heavy atom. The molecule has 0 radical (unpaired) electrons. The SMILES string of the molecule is O=C(CN1C(=O)S/C(=C\c2ccc(Sc3ccc(Cl)cc3)o2)C1=O)Nc1ccccc1. The molecule has 1 fully saturated rings. The van der Waals surface area contributed by atoms with E-state index in [4.69, 9.17) is 16.0 Å². The lowest BCUT2D eigenvalue weighted by Gasteiger charge is -2.12. The van der Waals surface area contributed by atoms with E-state index in [0.717, 1.165) is 21.6 Å². The summed E-state index contributed by atoms with van der Waals surface area (Å²) in [5.74, 6) is -0.536. The Kier molecular flexibility index (Phi) is 6.50. The number of amides is 3. The molecular weight excluding hydrogens is 456 g/mol. The van der Waals surface area contributed by atoms with E-state index in [1.807, 2.05) is 18.2 Å². The summed E-state index contributed by atoms with van der Waals surface area (Å²) in [5, 5.41) is 3.45. The fourth-order valence-corrected chi connectivity index (χ4v) is 4.44. The van der Waals surface area contributed by atoms with Gasteiger partial charge in [-0.25, -0.2) is 0 Å². The van der Waals surface area contributed by atoms with Crippen LogP contribution in [0, 0.1) is 0 Å². The number of para-hydroxylation sites is 1. The molecule has 2 heterocycles. The van der Waals surface area contributed by atoms with Gasteiger partial charge < -0.3 is 9.73 Å². The van der Waals surface area contributed by atoms with Crippen molar-refractivity contribution < 1.29 is 18.8 Å². The summed E-state index contributed by atoms with van der Waals surface area (Å²) in [4.78, 5) is 39.1. The van der Waals surface area contributed by atoms with Crippen molar-refractivity contribution in [2.75, 3.05) is 11.9 Å². The molecule has 0 aliphatic carbocycles. The minimum Gasteiger partial charge on any atom is -0.450 e. The Morgan fingerprint density at radius 2 is 1.81 bits per heavy atom. The maximum atomic E-state index is 12.6. The van der Waals surface area contributed by atoms with Gasteiger partial charge in [-0.3, -0.25) is 19.3 Å². The number of furan rings is 1. The van der Waals surface area contributed by atoms with E-state index in [9.17, 15) is 14.4 Å². The van der Waals surface area contributed by atoms with Gasteiger partial charge in [0, 0.05) is 21.7 Å². The number of hydrogen-bond acceptors (Lipinski definition) is 6. The number of hydrogen-bond donors (Lipinski definition) is 1. The monoisotopic (exact) mass is 470 g/mol. The Hall–Kier alpha value is -2.94. The topological polar surface area (TPSA) is 79.6 Å². The molecule has 156 valence electrons. The summed E-state index contributed by atoms with van der Waals surface area (Å²) in [6.45, 7) is -0.354. The van der Waals surface area contributed by atoms with Crippen molar-refractivity contribution in [2.24, 2.45) is 0 Å². The first-order valence-corrected chi connectivity index (χ1v) is 11.1. The van der Waals surface area contributed by atoms with Crippen molar-refractivity contribution in [3.63, 3.8) is 0 Å². The number of halogens is 1. The second-order valence-corrected chi connectivity index (χ2v) is 8.90. The van der Waals surface area contributed by atoms with Crippen LogP contribution in [0.4, 0.5) is 10.5 Å². The molecule has 1 N–H and O–H groups in total. The molecule has 1 aliphatic heterocycles. The predicted octanol–water partition coefficient (Wildman–Crippen LogP) is 5.76. The van der Waals surface area contributed by atoms with Gasteiger partial charge in [0.25, 0.3) is 11.1 Å². The van der Waals surface area contributed by atoms with Gasteiger partial charge in [0.1, 0.15) is 12.3 Å². The first-order chi connectivity index (χ1) is 15.0. The van der Waals surface area contributed by atoms with E-state index in [2.05, 4.69) is 5.32 Å². The summed E-state index contributed by atoms with van der Waals surface area (Å²) in [7, 11) is 0. The summed E-state index contributed by atoms with van der Waals surface area (Å²) in [6, 6.07) is 19.7. The summed E-state index contributed by atoms with van der Waals surface area (Å²) >= 11 is 8.08. The van der Waals surface area contributed by atoms with Crippen LogP contribution in [-0.2, 0) is 9.59 Å². The maximum Gasteiger partial charge on any atom is 0.294 e. The summed E-state index contributed by atoms with van der Waals surface area (Å²) < 4.78 is 5.74. The van der Waals surface area contributed by atoms with Crippen LogP contribution in [0.15, 0.2) is 86.0 Å². The van der Waals surface area contributed by atoms with E-state index >= 15 is 0 Å². The van der Waals surface area contributed by atoms with Gasteiger partial charge in [-0.1, -0.05) is 41.6 Å². The van der Waals surface area contributed by atoms with E-state index in [0.29, 0.717) is 21.6 Å². The van der Waals surface area contributed by atoms with Crippen molar-refractivity contribution in [3.05, 3.63) is 82.4 Å². The first kappa shape index (κ1) is 21.3. The smallest absolute Gasteiger partial charge is 0.294 e. The second kappa shape index (κ2) is 9.47. The highest BCUT2D eigenvalue weighted by Crippen LogP contribution is 2.34. The number of carbonyl (C=O) groups excluding carboxylic acids is 3. The first-order valence-electron chi connectivity index (χ1n) is 9.11. The average Bonchev–Trinajstić information content (AvgIpc) is 3.30. The van der Waals surface area contributed by atoms with Crippen LogP contribution in [0.25, 0.3) is 6.08 Å². The number of nitrogens with zero attached hydrogens (tertiary/aromatic N) is 1. The molecule has 2 aromatic carbocycles. The third-order valence-corrected chi connectivity index (χ3v) is 6.23. The lowest BCUT2D eigenvalue weighted by molar-refractivity contribution is -0.127. The second-order valence-electron chi connectivity index (χ2n) is 6.39. The van der Waals surface area contributed by atoms with E-state index in [-0.39, 0.29) is 11.4 Å². The Morgan fingerprint density at radius 3 is 2.55 bits per heavy atom. The molecule has 1 aromatic heterocycles. The highest BCUT2D eigenvalue weighted by Gasteiger charge is 2.36. The van der Waals surface area contributed by atoms with Crippen molar-refractivity contribution >= 4 is 63.9 Å². The molecule has 0 saturated carbocycles. The molecule has 1 saturated heterocycles. The molecule has 0 atom stereocenters. The Labute approximate surface area is 191 Å². The van der Waals surface area contributed by atoms with Gasteiger partial charge in [-0.05, 0) is 60.3 Å². The Bertz CT molecular complexity index is 1160. The van der Waals surface area contributed by atoms with Gasteiger partial charge in [0.05, 0.1) is 4.91 Å². The summed E-state index contributed by atoms with van der Waals surface area (Å²) in [6.07, 6.45) is 1.51. The minimum atomic E-state index is -0.526. The van der Waals surface area contributed by atoms with Crippen LogP contribution in [0.2, 0.25) is 5.02 Å². The molecule has 4 rings (SSSR count). The van der Waals surface area contributed by atoms with Gasteiger partial charge in [-0.2, -0.15) is 0 Å². The van der Waals surface area contributed by atoms with Crippen LogP contribution in [-0.4, -0.2) is 28.5 Å². The molecule has 3 aromatic rings. The van der Waals surface area contributed by atoms with Crippen molar-refractivity contribution in [3.8, 4) is 0 Å². The van der Waals surface area contributed by atoms with E-state index in [1.54, 1.807) is 48.5 Å². The van der Waals surface area contributed by atoms with E-state index in [1.165, 1.54) is 17.8 Å². The normalized spacial score (nSPS) is 15.0. The lowest BCUT2D eigenvalue weighted by Crippen LogP contribution is -2.36. The van der Waals surface area contributed by atoms with Crippen molar-refractivity contribution in [1.29, 1.82) is 0 Å². The largest absolute Gasteiger partial charge is 0.450 e. The molecule has 0 spiro atoms. The van der Waals surface area contributed by atoms with Gasteiger partial charge in [0.15, 0.2) is 5.09 Å². The van der Waals surface area contributed by atoms with Crippen LogP contribution >= 0.6 is 35.1 Å². The summed E-state index contributed by atoms with van der Waals surface area (Å²) in [5.41, 5.74) is 0.594. The van der Waals surface area contributed by atoms with Gasteiger partial charge in [-0.15, -0.1) is 0 Å². The lowest BCUT2D eigenvalue weighted by atomic mass is 10.3. The van der Waals surface area contributed by atoms with Crippen LogP contribution in [0.5, 0.6) is 0 Å². The number of rotatable bonds is 6. The highest BCUT2D eigenvalue weighted by atomic mass is 35.5. The zero-order valence-corrected chi connectivity index (χ0v) is 18.3.